The van der Waals surface area contributed by atoms with Gasteiger partial charge < -0.3 is 0 Å². The minimum Gasteiger partial charge on any atom is -0.246 e. The third kappa shape index (κ3) is 3.71. The van der Waals surface area contributed by atoms with Crippen LogP contribution in [0.2, 0.25) is 0 Å². The molecule has 0 atom stereocenters. The molecule has 0 saturated carbocycles. The molecule has 1 aliphatic heterocycles. The Labute approximate surface area is 177 Å². The van der Waals surface area contributed by atoms with Crippen LogP contribution in [0.5, 0.6) is 0 Å². The summed E-state index contributed by atoms with van der Waals surface area (Å²) in [5.41, 5.74) is 3.35. The maximum Gasteiger partial charge on any atom is 0.267 e. The second kappa shape index (κ2) is 7.68. The summed E-state index contributed by atoms with van der Waals surface area (Å²) < 4.78 is 55.3. The molecule has 6 nitrogen and oxygen atoms in total. The van der Waals surface area contributed by atoms with E-state index in [2.05, 4.69) is 0 Å². The minimum absolute atomic E-state index is 0.155. The van der Waals surface area contributed by atoms with Crippen LogP contribution in [0.25, 0.3) is 0 Å². The van der Waals surface area contributed by atoms with Gasteiger partial charge in [0.05, 0.1) is 9.79 Å². The molecule has 3 aromatic rings. The Morgan fingerprint density at radius 3 is 1.83 bits per heavy atom. The smallest absolute Gasteiger partial charge is 0.246 e. The molecule has 0 amide bonds. The van der Waals surface area contributed by atoms with Gasteiger partial charge in [-0.1, -0.05) is 35.4 Å². The second-order valence-electron chi connectivity index (χ2n) is 7.66. The highest BCUT2D eigenvalue weighted by Crippen LogP contribution is 2.28. The number of fused-ring (bicyclic) bond motifs is 1. The molecule has 0 fully saturated rings. The molecule has 158 valence electrons. The van der Waals surface area contributed by atoms with E-state index in [0.717, 1.165) is 16.7 Å². The molecular formula is C22H24N2O4S2. The first-order chi connectivity index (χ1) is 14.2. The Balaban J connectivity index is 1.68. The van der Waals surface area contributed by atoms with Crippen LogP contribution in [-0.2, 0) is 33.0 Å². The van der Waals surface area contributed by atoms with E-state index in [1.165, 1.54) is 14.5 Å². The summed E-state index contributed by atoms with van der Waals surface area (Å²) in [4.78, 5) is 0.475. The van der Waals surface area contributed by atoms with Crippen LogP contribution in [0, 0.1) is 13.8 Å². The van der Waals surface area contributed by atoms with Gasteiger partial charge in [0.25, 0.3) is 10.0 Å². The summed E-state index contributed by atoms with van der Waals surface area (Å²) in [6.45, 7) is 4.31. The Morgan fingerprint density at radius 1 is 0.733 bits per heavy atom. The first-order valence-corrected chi connectivity index (χ1v) is 12.7. The molecule has 0 N–H and O–H groups in total. The van der Waals surface area contributed by atoms with Gasteiger partial charge in [-0.3, -0.25) is 0 Å². The first-order valence-electron chi connectivity index (χ1n) is 9.78. The van der Waals surface area contributed by atoms with Gasteiger partial charge >= 0.3 is 0 Å². The normalized spacial score (nSPS) is 15.5. The fourth-order valence-corrected chi connectivity index (χ4v) is 6.59. The lowest BCUT2D eigenvalue weighted by Gasteiger charge is -2.20. The van der Waals surface area contributed by atoms with Gasteiger partial charge in [0.15, 0.2) is 0 Å². The van der Waals surface area contributed by atoms with Crippen molar-refractivity contribution < 1.29 is 16.8 Å². The highest BCUT2D eigenvalue weighted by atomic mass is 32.2. The quantitative estimate of drug-likeness (QED) is 0.617. The Morgan fingerprint density at radius 2 is 1.27 bits per heavy atom. The fourth-order valence-electron chi connectivity index (χ4n) is 3.71. The maximum atomic E-state index is 13.2. The standard InChI is InChI=1S/C22H24N2O4S2/c1-17-5-9-20(10-6-17)29(25,26)23-14-3-4-22-19(16-23)13-15-24(22)30(27,28)21-11-7-18(2)8-12-21/h5-13,15H,3-4,14,16H2,1-2H3. The SMILES string of the molecule is Cc1ccc(S(=O)(=O)N2CCCc3c(ccn3S(=O)(=O)c3ccc(C)cc3)C2)cc1. The third-order valence-corrected chi connectivity index (χ3v) is 9.04. The summed E-state index contributed by atoms with van der Waals surface area (Å²) in [6.07, 6.45) is 2.57. The van der Waals surface area contributed by atoms with Crippen LogP contribution in [0.4, 0.5) is 0 Å². The molecule has 0 radical (unpaired) electrons. The number of benzene rings is 2. The van der Waals surface area contributed by atoms with E-state index in [-0.39, 0.29) is 16.3 Å². The van der Waals surface area contributed by atoms with Crippen molar-refractivity contribution in [2.75, 3.05) is 6.54 Å². The zero-order chi connectivity index (χ0) is 21.5. The van der Waals surface area contributed by atoms with Crippen molar-refractivity contribution in [3.05, 3.63) is 83.2 Å². The van der Waals surface area contributed by atoms with Crippen molar-refractivity contribution in [2.24, 2.45) is 0 Å². The average molecular weight is 445 g/mol. The topological polar surface area (TPSA) is 76.5 Å². The van der Waals surface area contributed by atoms with E-state index in [1.807, 2.05) is 13.8 Å². The molecule has 0 aliphatic carbocycles. The molecule has 0 unspecified atom stereocenters. The van der Waals surface area contributed by atoms with Crippen molar-refractivity contribution in [3.8, 4) is 0 Å². The van der Waals surface area contributed by atoms with Crippen molar-refractivity contribution in [3.63, 3.8) is 0 Å². The van der Waals surface area contributed by atoms with Crippen LogP contribution < -0.4 is 0 Å². The summed E-state index contributed by atoms with van der Waals surface area (Å²) in [6, 6.07) is 15.2. The highest BCUT2D eigenvalue weighted by molar-refractivity contribution is 7.90. The number of aryl methyl sites for hydroxylation is 2. The van der Waals surface area contributed by atoms with Gasteiger partial charge in [0, 0.05) is 25.0 Å². The van der Waals surface area contributed by atoms with Gasteiger partial charge in [0.1, 0.15) is 0 Å². The lowest BCUT2D eigenvalue weighted by Crippen LogP contribution is -2.30. The van der Waals surface area contributed by atoms with E-state index < -0.39 is 20.0 Å². The predicted molar refractivity (Wildman–Crippen MR) is 115 cm³/mol. The largest absolute Gasteiger partial charge is 0.267 e. The van der Waals surface area contributed by atoms with Gasteiger partial charge in [-0.15, -0.1) is 0 Å². The van der Waals surface area contributed by atoms with Crippen molar-refractivity contribution in [2.45, 2.75) is 43.0 Å². The predicted octanol–water partition coefficient (Wildman–Crippen LogP) is 3.48. The summed E-state index contributed by atoms with van der Waals surface area (Å²) >= 11 is 0. The fraction of sp³-hybridized carbons (Fsp3) is 0.273. The molecule has 4 rings (SSSR count). The number of rotatable bonds is 4. The number of nitrogens with zero attached hydrogens (tertiary/aromatic N) is 2. The summed E-state index contributed by atoms with van der Waals surface area (Å²) in [5, 5.41) is 0. The van der Waals surface area contributed by atoms with Crippen LogP contribution in [0.15, 0.2) is 70.6 Å². The lowest BCUT2D eigenvalue weighted by atomic mass is 10.2. The average Bonchev–Trinajstić information content (AvgIpc) is 2.99. The molecule has 0 spiro atoms. The number of hydrogen-bond acceptors (Lipinski definition) is 4. The lowest BCUT2D eigenvalue weighted by molar-refractivity contribution is 0.410. The molecule has 1 aromatic heterocycles. The van der Waals surface area contributed by atoms with Crippen LogP contribution in [0.3, 0.4) is 0 Å². The van der Waals surface area contributed by atoms with E-state index in [9.17, 15) is 16.8 Å². The van der Waals surface area contributed by atoms with Crippen molar-refractivity contribution >= 4 is 20.0 Å². The van der Waals surface area contributed by atoms with Gasteiger partial charge in [-0.05, 0) is 62.6 Å². The minimum atomic E-state index is -3.73. The zero-order valence-electron chi connectivity index (χ0n) is 16.9. The van der Waals surface area contributed by atoms with Gasteiger partial charge in [-0.25, -0.2) is 20.8 Å². The molecule has 0 bridgehead atoms. The third-order valence-electron chi connectivity index (χ3n) is 5.45. The molecule has 0 saturated heterocycles. The van der Waals surface area contributed by atoms with Crippen molar-refractivity contribution in [1.82, 2.24) is 8.28 Å². The zero-order valence-corrected chi connectivity index (χ0v) is 18.6. The van der Waals surface area contributed by atoms with E-state index in [0.29, 0.717) is 25.1 Å². The molecule has 1 aliphatic rings. The molecular weight excluding hydrogens is 420 g/mol. The van der Waals surface area contributed by atoms with Crippen molar-refractivity contribution in [1.29, 1.82) is 0 Å². The molecule has 2 aromatic carbocycles. The van der Waals surface area contributed by atoms with Crippen LogP contribution >= 0.6 is 0 Å². The monoisotopic (exact) mass is 444 g/mol. The Bertz CT molecular complexity index is 1270. The molecule has 2 heterocycles. The Hall–Kier alpha value is -2.42. The Kier molecular flexibility index (Phi) is 5.34. The highest BCUT2D eigenvalue weighted by Gasteiger charge is 2.30. The van der Waals surface area contributed by atoms with E-state index in [1.54, 1.807) is 54.6 Å². The second-order valence-corrected chi connectivity index (χ2v) is 11.4. The van der Waals surface area contributed by atoms with Crippen LogP contribution in [-0.4, -0.2) is 31.7 Å². The first kappa shape index (κ1) is 20.8. The van der Waals surface area contributed by atoms with Gasteiger partial charge in [0.2, 0.25) is 10.0 Å². The summed E-state index contributed by atoms with van der Waals surface area (Å²) in [5.74, 6) is 0. The number of aromatic nitrogens is 1. The van der Waals surface area contributed by atoms with E-state index >= 15 is 0 Å². The van der Waals surface area contributed by atoms with Gasteiger partial charge in [-0.2, -0.15) is 4.31 Å². The summed E-state index contributed by atoms with van der Waals surface area (Å²) in [7, 11) is -7.38. The van der Waals surface area contributed by atoms with Crippen LogP contribution in [0.1, 0.15) is 28.8 Å². The molecule has 30 heavy (non-hydrogen) atoms. The maximum absolute atomic E-state index is 13.2. The number of sulfonamides is 1. The number of hydrogen-bond donors (Lipinski definition) is 0. The van der Waals surface area contributed by atoms with E-state index in [4.69, 9.17) is 0 Å². The molecule has 8 heteroatoms.